The quantitative estimate of drug-likeness (QED) is 0.854. The molecule has 124 valence electrons. The standard InChI is InChI=1S/C15H19FN4O2S/c1-3-15-18-17-10-20(15)13-6-7-19(9-13)23(21,22)14-8-12(16)5-4-11(14)2/h4-5,8,10,13H,3,6-7,9H2,1-2H3. The van der Waals surface area contributed by atoms with Gasteiger partial charge in [0.2, 0.25) is 10.0 Å². The molecule has 0 bridgehead atoms. The Balaban J connectivity index is 1.87. The van der Waals surface area contributed by atoms with Crippen molar-refractivity contribution < 1.29 is 12.8 Å². The van der Waals surface area contributed by atoms with Crippen LogP contribution in [0.1, 0.15) is 30.8 Å². The number of halogens is 1. The fourth-order valence-electron chi connectivity index (χ4n) is 2.97. The Hall–Kier alpha value is -1.80. The van der Waals surface area contributed by atoms with E-state index in [-0.39, 0.29) is 10.9 Å². The lowest BCUT2D eigenvalue weighted by molar-refractivity contribution is 0.446. The lowest BCUT2D eigenvalue weighted by atomic mass is 10.2. The topological polar surface area (TPSA) is 68.1 Å². The van der Waals surface area contributed by atoms with Crippen LogP contribution in [0, 0.1) is 12.7 Å². The highest BCUT2D eigenvalue weighted by Crippen LogP contribution is 2.29. The zero-order valence-corrected chi connectivity index (χ0v) is 13.9. The second-order valence-corrected chi connectivity index (χ2v) is 7.63. The van der Waals surface area contributed by atoms with Crippen molar-refractivity contribution in [1.82, 2.24) is 19.1 Å². The number of benzene rings is 1. The summed E-state index contributed by atoms with van der Waals surface area (Å²) in [7, 11) is -3.70. The van der Waals surface area contributed by atoms with Crippen molar-refractivity contribution >= 4 is 10.0 Å². The van der Waals surface area contributed by atoms with E-state index < -0.39 is 15.8 Å². The molecule has 23 heavy (non-hydrogen) atoms. The van der Waals surface area contributed by atoms with Crippen LogP contribution < -0.4 is 0 Å². The Kier molecular flexibility index (Phi) is 4.20. The van der Waals surface area contributed by atoms with Gasteiger partial charge < -0.3 is 4.57 Å². The van der Waals surface area contributed by atoms with E-state index in [1.54, 1.807) is 13.3 Å². The summed E-state index contributed by atoms with van der Waals surface area (Å²) in [6.07, 6.45) is 3.08. The Morgan fingerprint density at radius 3 is 2.91 bits per heavy atom. The van der Waals surface area contributed by atoms with Crippen molar-refractivity contribution in [1.29, 1.82) is 0 Å². The van der Waals surface area contributed by atoms with Crippen molar-refractivity contribution in [2.45, 2.75) is 37.6 Å². The molecule has 6 nitrogen and oxygen atoms in total. The van der Waals surface area contributed by atoms with E-state index in [0.29, 0.717) is 25.1 Å². The van der Waals surface area contributed by atoms with Crippen LogP contribution in [0.25, 0.3) is 0 Å². The largest absolute Gasteiger partial charge is 0.313 e. The number of hydrogen-bond acceptors (Lipinski definition) is 4. The highest BCUT2D eigenvalue weighted by Gasteiger charge is 2.34. The Morgan fingerprint density at radius 1 is 1.39 bits per heavy atom. The average molecular weight is 338 g/mol. The number of hydrogen-bond donors (Lipinski definition) is 0. The van der Waals surface area contributed by atoms with Gasteiger partial charge in [-0.05, 0) is 31.0 Å². The summed E-state index contributed by atoms with van der Waals surface area (Å²) in [5.41, 5.74) is 0.549. The zero-order valence-electron chi connectivity index (χ0n) is 13.1. The van der Waals surface area contributed by atoms with Gasteiger partial charge in [0.05, 0.1) is 10.9 Å². The number of nitrogens with zero attached hydrogens (tertiary/aromatic N) is 4. The number of rotatable bonds is 4. The molecule has 0 aliphatic carbocycles. The molecule has 1 aromatic carbocycles. The van der Waals surface area contributed by atoms with Crippen LogP contribution in [0.4, 0.5) is 4.39 Å². The first kappa shape index (κ1) is 16.1. The highest BCUT2D eigenvalue weighted by atomic mass is 32.2. The van der Waals surface area contributed by atoms with Crippen LogP contribution in [0.5, 0.6) is 0 Å². The van der Waals surface area contributed by atoms with Gasteiger partial charge in [-0.3, -0.25) is 0 Å². The molecule has 0 amide bonds. The predicted octanol–water partition coefficient (Wildman–Crippen LogP) is 1.92. The summed E-state index contributed by atoms with van der Waals surface area (Å²) in [5, 5.41) is 7.95. The number of aromatic nitrogens is 3. The molecule has 1 saturated heterocycles. The maximum absolute atomic E-state index is 13.5. The normalized spacial score (nSPS) is 19.3. The summed E-state index contributed by atoms with van der Waals surface area (Å²) in [5.74, 6) is 0.299. The average Bonchev–Trinajstić information content (AvgIpc) is 3.17. The predicted molar refractivity (Wildman–Crippen MR) is 82.9 cm³/mol. The molecule has 1 aromatic heterocycles. The van der Waals surface area contributed by atoms with Gasteiger partial charge in [0, 0.05) is 19.5 Å². The summed E-state index contributed by atoms with van der Waals surface area (Å²) in [6, 6.07) is 3.87. The first-order chi connectivity index (χ1) is 10.9. The first-order valence-electron chi connectivity index (χ1n) is 7.58. The minimum Gasteiger partial charge on any atom is -0.313 e. The zero-order chi connectivity index (χ0) is 16.6. The fraction of sp³-hybridized carbons (Fsp3) is 0.467. The Bertz CT molecular complexity index is 819. The van der Waals surface area contributed by atoms with E-state index >= 15 is 0 Å². The third-order valence-electron chi connectivity index (χ3n) is 4.25. The summed E-state index contributed by atoms with van der Waals surface area (Å²) < 4.78 is 42.4. The van der Waals surface area contributed by atoms with Crippen LogP contribution in [-0.2, 0) is 16.4 Å². The second-order valence-electron chi connectivity index (χ2n) is 5.72. The van der Waals surface area contributed by atoms with Gasteiger partial charge in [-0.1, -0.05) is 13.0 Å². The monoisotopic (exact) mass is 338 g/mol. The highest BCUT2D eigenvalue weighted by molar-refractivity contribution is 7.89. The molecule has 2 heterocycles. The number of sulfonamides is 1. The SMILES string of the molecule is CCc1nncn1C1CCN(S(=O)(=O)c2cc(F)ccc2C)C1. The maximum Gasteiger partial charge on any atom is 0.243 e. The molecule has 2 aromatic rings. The summed E-state index contributed by atoms with van der Waals surface area (Å²) >= 11 is 0. The van der Waals surface area contributed by atoms with Crippen molar-refractivity contribution in [2.24, 2.45) is 0 Å². The summed E-state index contributed by atoms with van der Waals surface area (Å²) in [4.78, 5) is 0.0395. The molecular weight excluding hydrogens is 319 g/mol. The molecule has 3 rings (SSSR count). The van der Waals surface area contributed by atoms with Gasteiger partial charge >= 0.3 is 0 Å². The molecule has 0 N–H and O–H groups in total. The molecule has 8 heteroatoms. The van der Waals surface area contributed by atoms with Crippen molar-refractivity contribution in [3.8, 4) is 0 Å². The molecule has 1 aliphatic rings. The fourth-order valence-corrected chi connectivity index (χ4v) is 4.70. The molecular formula is C15H19FN4O2S. The Morgan fingerprint density at radius 2 is 2.17 bits per heavy atom. The molecule has 1 aliphatic heterocycles. The number of aryl methyl sites for hydroxylation is 2. The molecule has 1 atom stereocenters. The van der Waals surface area contributed by atoms with Gasteiger partial charge in [-0.2, -0.15) is 4.31 Å². The van der Waals surface area contributed by atoms with E-state index in [9.17, 15) is 12.8 Å². The van der Waals surface area contributed by atoms with E-state index in [4.69, 9.17) is 0 Å². The lowest BCUT2D eigenvalue weighted by Crippen LogP contribution is -2.30. The van der Waals surface area contributed by atoms with E-state index in [0.717, 1.165) is 18.3 Å². The summed E-state index contributed by atoms with van der Waals surface area (Å²) in [6.45, 7) is 4.42. The molecule has 0 spiro atoms. The molecule has 0 radical (unpaired) electrons. The van der Waals surface area contributed by atoms with Crippen molar-refractivity contribution in [3.63, 3.8) is 0 Å². The second kappa shape index (κ2) is 6.01. The van der Waals surface area contributed by atoms with Crippen LogP contribution in [-0.4, -0.2) is 40.6 Å². The smallest absolute Gasteiger partial charge is 0.243 e. The van der Waals surface area contributed by atoms with Crippen LogP contribution in [0.2, 0.25) is 0 Å². The van der Waals surface area contributed by atoms with Gasteiger partial charge in [-0.25, -0.2) is 12.8 Å². The first-order valence-corrected chi connectivity index (χ1v) is 9.02. The third kappa shape index (κ3) is 2.88. The van der Waals surface area contributed by atoms with Crippen molar-refractivity contribution in [2.75, 3.05) is 13.1 Å². The third-order valence-corrected chi connectivity index (χ3v) is 6.26. The lowest BCUT2D eigenvalue weighted by Gasteiger charge is -2.19. The molecule has 0 saturated carbocycles. The molecule has 1 fully saturated rings. The van der Waals surface area contributed by atoms with Gasteiger partial charge in [0.15, 0.2) is 0 Å². The van der Waals surface area contributed by atoms with Crippen molar-refractivity contribution in [3.05, 3.63) is 41.7 Å². The van der Waals surface area contributed by atoms with E-state index in [2.05, 4.69) is 10.2 Å². The van der Waals surface area contributed by atoms with E-state index in [1.165, 1.54) is 16.4 Å². The van der Waals surface area contributed by atoms with Crippen LogP contribution in [0.3, 0.4) is 0 Å². The van der Waals surface area contributed by atoms with Gasteiger partial charge in [-0.15, -0.1) is 10.2 Å². The van der Waals surface area contributed by atoms with Gasteiger partial charge in [0.25, 0.3) is 0 Å². The van der Waals surface area contributed by atoms with Crippen LogP contribution in [0.15, 0.2) is 29.4 Å². The van der Waals surface area contributed by atoms with Gasteiger partial charge in [0.1, 0.15) is 18.0 Å². The van der Waals surface area contributed by atoms with Crippen LogP contribution >= 0.6 is 0 Å². The maximum atomic E-state index is 13.5. The molecule has 1 unspecified atom stereocenters. The minimum absolute atomic E-state index is 0.0172. The van der Waals surface area contributed by atoms with E-state index in [1.807, 2.05) is 11.5 Å². The Labute approximate surface area is 135 Å². The minimum atomic E-state index is -3.70.